The molecule has 2 nitrogen and oxygen atoms in total. The third kappa shape index (κ3) is 1.11. The third-order valence-corrected chi connectivity index (χ3v) is 1.14. The van der Waals surface area contributed by atoms with Crippen LogP contribution in [0.1, 0.15) is 5.69 Å². The molecule has 0 bridgehead atoms. The number of rotatable bonds is 0. The van der Waals surface area contributed by atoms with Crippen LogP contribution in [0.15, 0.2) is 12.3 Å². The highest BCUT2D eigenvalue weighted by Gasteiger charge is 1.97. The van der Waals surface area contributed by atoms with Gasteiger partial charge in [-0.25, -0.2) is 9.24 Å². The highest BCUT2D eigenvalue weighted by molar-refractivity contribution is 5.42. The largest absolute Gasteiger partial charge is 0.270 e. The fourth-order valence-electron chi connectivity index (χ4n) is 0.557. The number of hydrogen-bond donors (Lipinski definition) is 0. The van der Waals surface area contributed by atoms with Gasteiger partial charge in [-0.05, 0) is 13.0 Å². The molecule has 1 aromatic heterocycles. The normalized spacial score (nSPS) is 8.90. The summed E-state index contributed by atoms with van der Waals surface area (Å²) in [6.07, 6.45) is 1.35. The first-order valence-electron chi connectivity index (χ1n) is 2.73. The summed E-state index contributed by atoms with van der Waals surface area (Å²) in [6, 6.07) is 1.18. The Balaban J connectivity index is 3.20. The quantitative estimate of drug-likeness (QED) is 0.499. The highest BCUT2D eigenvalue weighted by atomic mass is 19.1. The van der Waals surface area contributed by atoms with Crippen molar-refractivity contribution >= 4 is 5.69 Å². The van der Waals surface area contributed by atoms with Crippen molar-refractivity contribution in [2.24, 2.45) is 0 Å². The van der Waals surface area contributed by atoms with Gasteiger partial charge in [-0.3, -0.25) is 4.98 Å². The molecular weight excluding hydrogens is 131 g/mol. The average molecular weight is 136 g/mol. The summed E-state index contributed by atoms with van der Waals surface area (Å²) < 4.78 is 12.6. The Hall–Kier alpha value is -1.43. The van der Waals surface area contributed by atoms with Crippen LogP contribution in [0.5, 0.6) is 0 Å². The van der Waals surface area contributed by atoms with E-state index in [0.29, 0.717) is 5.69 Å². The summed E-state index contributed by atoms with van der Waals surface area (Å²) in [5.41, 5.74) is 0.565. The minimum absolute atomic E-state index is 0.239. The zero-order valence-corrected chi connectivity index (χ0v) is 5.43. The maximum Gasteiger partial charge on any atom is 0.207 e. The topological polar surface area (TPSA) is 17.2 Å². The van der Waals surface area contributed by atoms with Crippen LogP contribution in [-0.4, -0.2) is 4.98 Å². The van der Waals surface area contributed by atoms with E-state index in [2.05, 4.69) is 9.83 Å². The van der Waals surface area contributed by atoms with Gasteiger partial charge < -0.3 is 0 Å². The lowest BCUT2D eigenvalue weighted by molar-refractivity contribution is 0.611. The molecule has 0 spiro atoms. The van der Waals surface area contributed by atoms with E-state index in [1.165, 1.54) is 12.3 Å². The lowest BCUT2D eigenvalue weighted by atomic mass is 10.3. The van der Waals surface area contributed by atoms with Gasteiger partial charge in [0.25, 0.3) is 0 Å². The van der Waals surface area contributed by atoms with Crippen LogP contribution in [0.2, 0.25) is 0 Å². The second-order valence-corrected chi connectivity index (χ2v) is 1.87. The molecule has 0 aliphatic rings. The van der Waals surface area contributed by atoms with Crippen LogP contribution >= 0.6 is 0 Å². The van der Waals surface area contributed by atoms with Crippen molar-refractivity contribution < 1.29 is 4.39 Å². The smallest absolute Gasteiger partial charge is 0.207 e. The van der Waals surface area contributed by atoms with Gasteiger partial charge in [0.05, 0.1) is 12.3 Å². The Morgan fingerprint density at radius 2 is 2.40 bits per heavy atom. The van der Waals surface area contributed by atoms with Gasteiger partial charge in [-0.2, -0.15) is 0 Å². The van der Waals surface area contributed by atoms with Crippen molar-refractivity contribution in [1.82, 2.24) is 4.98 Å². The van der Waals surface area contributed by atoms with Crippen molar-refractivity contribution in [1.29, 1.82) is 0 Å². The summed E-state index contributed by atoms with van der Waals surface area (Å²) in [5.74, 6) is -0.423. The van der Waals surface area contributed by atoms with Crippen LogP contribution < -0.4 is 0 Å². The summed E-state index contributed by atoms with van der Waals surface area (Å²) in [7, 11) is 0. The first kappa shape index (κ1) is 6.69. The van der Waals surface area contributed by atoms with Crippen LogP contribution in [0.3, 0.4) is 0 Å². The van der Waals surface area contributed by atoms with E-state index in [1.807, 2.05) is 0 Å². The van der Waals surface area contributed by atoms with E-state index in [4.69, 9.17) is 6.57 Å². The first-order chi connectivity index (χ1) is 4.74. The molecule has 0 unspecified atom stereocenters. The van der Waals surface area contributed by atoms with E-state index >= 15 is 0 Å². The maximum absolute atomic E-state index is 12.6. The minimum Gasteiger partial charge on any atom is -0.270 e. The van der Waals surface area contributed by atoms with Crippen molar-refractivity contribution in [2.45, 2.75) is 6.92 Å². The molecule has 0 aliphatic carbocycles. The lowest BCUT2D eigenvalue weighted by Gasteiger charge is -1.92. The molecule has 0 aromatic carbocycles. The average Bonchev–Trinajstić information content (AvgIpc) is 1.95. The molecule has 50 valence electrons. The van der Waals surface area contributed by atoms with E-state index in [1.54, 1.807) is 6.92 Å². The molecule has 0 aliphatic heterocycles. The van der Waals surface area contributed by atoms with Crippen LogP contribution in [-0.2, 0) is 0 Å². The zero-order chi connectivity index (χ0) is 7.56. The van der Waals surface area contributed by atoms with Gasteiger partial charge in [0.2, 0.25) is 5.69 Å². The predicted molar refractivity (Wildman–Crippen MR) is 35.2 cm³/mol. The molecule has 0 amide bonds. The summed E-state index contributed by atoms with van der Waals surface area (Å²) >= 11 is 0. The van der Waals surface area contributed by atoms with E-state index in [9.17, 15) is 4.39 Å². The van der Waals surface area contributed by atoms with Crippen LogP contribution in [0, 0.1) is 19.3 Å². The molecule has 0 atom stereocenters. The summed E-state index contributed by atoms with van der Waals surface area (Å²) in [5, 5.41) is 0. The molecule has 0 saturated heterocycles. The monoisotopic (exact) mass is 136 g/mol. The number of aryl methyl sites for hydroxylation is 1. The van der Waals surface area contributed by atoms with Gasteiger partial charge in [0, 0.05) is 6.20 Å². The van der Waals surface area contributed by atoms with Gasteiger partial charge in [0.1, 0.15) is 5.82 Å². The van der Waals surface area contributed by atoms with Crippen molar-refractivity contribution in [3.63, 3.8) is 0 Å². The molecule has 1 heterocycles. The fraction of sp³-hybridized carbons (Fsp3) is 0.143. The fourth-order valence-corrected chi connectivity index (χ4v) is 0.557. The van der Waals surface area contributed by atoms with Gasteiger partial charge >= 0.3 is 0 Å². The van der Waals surface area contributed by atoms with Gasteiger partial charge in [0.15, 0.2) is 0 Å². The lowest BCUT2D eigenvalue weighted by Crippen LogP contribution is -1.84. The molecule has 0 saturated carbocycles. The molecule has 3 heteroatoms. The number of hydrogen-bond acceptors (Lipinski definition) is 1. The molecule has 1 rings (SSSR count). The Morgan fingerprint density at radius 1 is 1.70 bits per heavy atom. The van der Waals surface area contributed by atoms with Crippen LogP contribution in [0.25, 0.3) is 4.85 Å². The number of nitrogens with zero attached hydrogens (tertiary/aromatic N) is 2. The third-order valence-electron chi connectivity index (χ3n) is 1.14. The zero-order valence-electron chi connectivity index (χ0n) is 5.43. The Morgan fingerprint density at radius 3 is 2.90 bits per heavy atom. The van der Waals surface area contributed by atoms with Gasteiger partial charge in [-0.15, -0.1) is 0 Å². The minimum atomic E-state index is -0.423. The van der Waals surface area contributed by atoms with E-state index in [-0.39, 0.29) is 5.69 Å². The summed E-state index contributed by atoms with van der Waals surface area (Å²) in [6.45, 7) is 8.09. The van der Waals surface area contributed by atoms with Gasteiger partial charge in [-0.1, -0.05) is 0 Å². The molecule has 1 aromatic rings. The first-order valence-corrected chi connectivity index (χ1v) is 2.73. The standard InChI is InChI=1S/C7H5FN2/c1-5-7(8)3-6(9-2)4-10-5/h3-4H,1H3. The van der Waals surface area contributed by atoms with E-state index < -0.39 is 5.82 Å². The molecule has 0 radical (unpaired) electrons. The number of halogens is 1. The summed E-state index contributed by atoms with van der Waals surface area (Å²) in [4.78, 5) is 6.68. The molecule has 0 fully saturated rings. The Kier molecular flexibility index (Phi) is 1.63. The molecular formula is C7H5FN2. The molecule has 0 N–H and O–H groups in total. The maximum atomic E-state index is 12.6. The number of aromatic nitrogens is 1. The van der Waals surface area contributed by atoms with Crippen molar-refractivity contribution in [3.05, 3.63) is 35.2 Å². The van der Waals surface area contributed by atoms with E-state index in [0.717, 1.165) is 0 Å². The van der Waals surface area contributed by atoms with Crippen LogP contribution in [0.4, 0.5) is 10.1 Å². The SMILES string of the molecule is [C-]#[N+]c1cnc(C)c(F)c1. The Bertz CT molecular complexity index is 288. The predicted octanol–water partition coefficient (Wildman–Crippen LogP) is 2.08. The second kappa shape index (κ2) is 2.44. The Labute approximate surface area is 58.1 Å². The van der Waals surface area contributed by atoms with Crippen molar-refractivity contribution in [3.8, 4) is 0 Å². The van der Waals surface area contributed by atoms with Crippen molar-refractivity contribution in [2.75, 3.05) is 0 Å². The second-order valence-electron chi connectivity index (χ2n) is 1.87. The number of pyridine rings is 1. The highest BCUT2D eigenvalue weighted by Crippen LogP contribution is 2.12. The molecule has 10 heavy (non-hydrogen) atoms.